The lowest BCUT2D eigenvalue weighted by molar-refractivity contribution is 0.0951. The molecule has 116 valence electrons. The summed E-state index contributed by atoms with van der Waals surface area (Å²) in [6, 6.07) is 18.3. The monoisotopic (exact) mass is 295 g/mol. The van der Waals surface area contributed by atoms with Crippen molar-refractivity contribution < 1.29 is 4.79 Å². The van der Waals surface area contributed by atoms with E-state index in [0.29, 0.717) is 5.92 Å². The lowest BCUT2D eigenvalue weighted by Gasteiger charge is -2.11. The highest BCUT2D eigenvalue weighted by molar-refractivity contribution is 5.95. The fourth-order valence-electron chi connectivity index (χ4n) is 2.45. The molecule has 0 heterocycles. The van der Waals surface area contributed by atoms with Crippen molar-refractivity contribution in [1.29, 1.82) is 0 Å². The molecule has 0 aromatic heterocycles. The van der Waals surface area contributed by atoms with Gasteiger partial charge in [0.2, 0.25) is 0 Å². The summed E-state index contributed by atoms with van der Waals surface area (Å²) in [7, 11) is 0. The number of carbonyl (C=O) groups is 1. The van der Waals surface area contributed by atoms with E-state index < -0.39 is 0 Å². The predicted molar refractivity (Wildman–Crippen MR) is 92.1 cm³/mol. The Labute approximate surface area is 133 Å². The normalized spacial score (nSPS) is 10.7. The molecule has 0 fully saturated rings. The molecule has 0 atom stereocenters. The van der Waals surface area contributed by atoms with E-state index >= 15 is 0 Å². The number of hydrogen-bond acceptors (Lipinski definition) is 1. The highest BCUT2D eigenvalue weighted by atomic mass is 16.1. The molecule has 2 aromatic rings. The Bertz CT molecular complexity index is 590. The molecular weight excluding hydrogens is 270 g/mol. The molecular formula is C20H25NO. The van der Waals surface area contributed by atoms with E-state index in [9.17, 15) is 4.79 Å². The lowest BCUT2D eigenvalue weighted by Crippen LogP contribution is -2.26. The van der Waals surface area contributed by atoms with Crippen molar-refractivity contribution in [2.45, 2.75) is 33.1 Å². The molecule has 22 heavy (non-hydrogen) atoms. The van der Waals surface area contributed by atoms with Gasteiger partial charge in [0.15, 0.2) is 0 Å². The zero-order valence-corrected chi connectivity index (χ0v) is 13.5. The van der Waals surface area contributed by atoms with Crippen LogP contribution in [0.1, 0.15) is 41.8 Å². The molecule has 0 spiro atoms. The Morgan fingerprint density at radius 2 is 1.64 bits per heavy atom. The fourth-order valence-corrected chi connectivity index (χ4v) is 2.45. The Morgan fingerprint density at radius 1 is 0.955 bits per heavy atom. The minimum absolute atomic E-state index is 0.0457. The Morgan fingerprint density at radius 3 is 2.36 bits per heavy atom. The van der Waals surface area contributed by atoms with E-state index in [1.165, 1.54) is 5.56 Å². The van der Waals surface area contributed by atoms with Gasteiger partial charge < -0.3 is 5.32 Å². The van der Waals surface area contributed by atoms with Crippen molar-refractivity contribution in [2.75, 3.05) is 6.54 Å². The first kappa shape index (κ1) is 16.3. The quantitative estimate of drug-likeness (QED) is 0.813. The van der Waals surface area contributed by atoms with Crippen LogP contribution in [0.2, 0.25) is 0 Å². The van der Waals surface area contributed by atoms with Crippen LogP contribution in [0.25, 0.3) is 0 Å². The number of benzene rings is 2. The molecule has 2 aromatic carbocycles. The minimum atomic E-state index is 0.0457. The lowest BCUT2D eigenvalue weighted by atomic mass is 9.99. The van der Waals surface area contributed by atoms with Crippen molar-refractivity contribution >= 4 is 5.91 Å². The first-order chi connectivity index (χ1) is 10.7. The van der Waals surface area contributed by atoms with Crippen LogP contribution in [0.5, 0.6) is 0 Å². The second kappa shape index (κ2) is 8.38. The molecule has 0 radical (unpaired) electrons. The van der Waals surface area contributed by atoms with Crippen molar-refractivity contribution in [2.24, 2.45) is 5.92 Å². The van der Waals surface area contributed by atoms with Gasteiger partial charge in [0.05, 0.1) is 0 Å². The van der Waals surface area contributed by atoms with Gasteiger partial charge in [-0.2, -0.15) is 0 Å². The average Bonchev–Trinajstić information content (AvgIpc) is 2.54. The molecule has 2 rings (SSSR count). The van der Waals surface area contributed by atoms with E-state index in [2.05, 4.69) is 49.5 Å². The van der Waals surface area contributed by atoms with Gasteiger partial charge in [-0.05, 0) is 42.4 Å². The molecule has 1 amide bonds. The van der Waals surface area contributed by atoms with Crippen LogP contribution in [-0.2, 0) is 12.8 Å². The maximum atomic E-state index is 12.3. The van der Waals surface area contributed by atoms with Gasteiger partial charge >= 0.3 is 0 Å². The highest BCUT2D eigenvalue weighted by Crippen LogP contribution is 2.13. The van der Waals surface area contributed by atoms with Crippen LogP contribution < -0.4 is 5.32 Å². The zero-order chi connectivity index (χ0) is 15.8. The summed E-state index contributed by atoms with van der Waals surface area (Å²) in [5.41, 5.74) is 3.23. The summed E-state index contributed by atoms with van der Waals surface area (Å²) >= 11 is 0. The van der Waals surface area contributed by atoms with E-state index in [-0.39, 0.29) is 5.91 Å². The van der Waals surface area contributed by atoms with E-state index in [4.69, 9.17) is 0 Å². The largest absolute Gasteiger partial charge is 0.352 e. The highest BCUT2D eigenvalue weighted by Gasteiger charge is 2.10. The van der Waals surface area contributed by atoms with Crippen LogP contribution in [0.3, 0.4) is 0 Å². The van der Waals surface area contributed by atoms with Gasteiger partial charge in [0.1, 0.15) is 0 Å². The van der Waals surface area contributed by atoms with E-state index in [1.54, 1.807) is 0 Å². The second-order valence-corrected chi connectivity index (χ2v) is 6.08. The molecule has 0 unspecified atom stereocenters. The molecule has 2 heteroatoms. The fraction of sp³-hybridized carbons (Fsp3) is 0.350. The molecule has 0 saturated heterocycles. The zero-order valence-electron chi connectivity index (χ0n) is 13.5. The summed E-state index contributed by atoms with van der Waals surface area (Å²) in [5, 5.41) is 3.03. The second-order valence-electron chi connectivity index (χ2n) is 6.08. The minimum Gasteiger partial charge on any atom is -0.352 e. The van der Waals surface area contributed by atoms with Gasteiger partial charge in [-0.25, -0.2) is 0 Å². The van der Waals surface area contributed by atoms with Crippen molar-refractivity contribution in [1.82, 2.24) is 5.32 Å². The third-order valence-corrected chi connectivity index (χ3v) is 3.80. The Kier molecular flexibility index (Phi) is 6.20. The van der Waals surface area contributed by atoms with Gasteiger partial charge in [0.25, 0.3) is 5.91 Å². The molecule has 0 bridgehead atoms. The number of carbonyl (C=O) groups excluding carboxylic acids is 1. The van der Waals surface area contributed by atoms with Crippen LogP contribution in [-0.4, -0.2) is 12.5 Å². The molecule has 0 aliphatic carbocycles. The number of nitrogens with one attached hydrogen (secondary N) is 1. The summed E-state index contributed by atoms with van der Waals surface area (Å²) < 4.78 is 0. The SMILES string of the molecule is CC(C)CCNC(=O)c1ccccc1CCc1ccccc1. The maximum Gasteiger partial charge on any atom is 0.251 e. The molecule has 0 aliphatic rings. The smallest absolute Gasteiger partial charge is 0.251 e. The first-order valence-corrected chi connectivity index (χ1v) is 8.07. The van der Waals surface area contributed by atoms with Crippen LogP contribution >= 0.6 is 0 Å². The van der Waals surface area contributed by atoms with Gasteiger partial charge in [0, 0.05) is 12.1 Å². The van der Waals surface area contributed by atoms with Gasteiger partial charge in [-0.15, -0.1) is 0 Å². The third kappa shape index (κ3) is 5.03. The van der Waals surface area contributed by atoms with E-state index in [0.717, 1.165) is 36.9 Å². The summed E-state index contributed by atoms with van der Waals surface area (Å²) in [6.07, 6.45) is 2.85. The predicted octanol–water partition coefficient (Wildman–Crippen LogP) is 4.25. The number of hydrogen-bond donors (Lipinski definition) is 1. The molecule has 1 N–H and O–H groups in total. The molecule has 0 saturated carbocycles. The Hall–Kier alpha value is -2.09. The topological polar surface area (TPSA) is 29.1 Å². The number of rotatable bonds is 7. The Balaban J connectivity index is 1.98. The molecule has 2 nitrogen and oxygen atoms in total. The summed E-state index contributed by atoms with van der Waals surface area (Å²) in [4.78, 5) is 12.3. The van der Waals surface area contributed by atoms with Crippen LogP contribution in [0.15, 0.2) is 54.6 Å². The first-order valence-electron chi connectivity index (χ1n) is 8.07. The van der Waals surface area contributed by atoms with Crippen molar-refractivity contribution in [3.8, 4) is 0 Å². The van der Waals surface area contributed by atoms with Gasteiger partial charge in [-0.1, -0.05) is 62.4 Å². The third-order valence-electron chi connectivity index (χ3n) is 3.80. The van der Waals surface area contributed by atoms with Crippen LogP contribution in [0, 0.1) is 5.92 Å². The van der Waals surface area contributed by atoms with E-state index in [1.807, 2.05) is 24.3 Å². The van der Waals surface area contributed by atoms with Crippen molar-refractivity contribution in [3.63, 3.8) is 0 Å². The maximum absolute atomic E-state index is 12.3. The number of aryl methyl sites for hydroxylation is 2. The summed E-state index contributed by atoms with van der Waals surface area (Å²) in [5.74, 6) is 0.651. The molecule has 0 aliphatic heterocycles. The van der Waals surface area contributed by atoms with Gasteiger partial charge in [-0.3, -0.25) is 4.79 Å². The summed E-state index contributed by atoms with van der Waals surface area (Å²) in [6.45, 7) is 5.07. The number of amides is 1. The standard InChI is InChI=1S/C20H25NO/c1-16(2)14-15-21-20(22)19-11-7-6-10-18(19)13-12-17-8-4-3-5-9-17/h3-11,16H,12-15H2,1-2H3,(H,21,22). The van der Waals surface area contributed by atoms with Crippen molar-refractivity contribution in [3.05, 3.63) is 71.3 Å². The average molecular weight is 295 g/mol. The van der Waals surface area contributed by atoms with Crippen LogP contribution in [0.4, 0.5) is 0 Å².